The summed E-state index contributed by atoms with van der Waals surface area (Å²) in [6.45, 7) is 2.00. The first-order chi connectivity index (χ1) is 18.8. The van der Waals surface area contributed by atoms with Crippen LogP contribution in [0.5, 0.6) is 0 Å². The highest BCUT2D eigenvalue weighted by Crippen LogP contribution is 2.36. The topological polar surface area (TPSA) is 41.4 Å². The first-order valence-electron chi connectivity index (χ1n) is 12.8. The lowest BCUT2D eigenvalue weighted by Gasteiger charge is -2.21. The minimum absolute atomic E-state index is 0.941. The number of hydrogen-bond donors (Lipinski definition) is 1. The molecular formula is C35H28N3+. The highest BCUT2D eigenvalue weighted by atomic mass is 15.2. The summed E-state index contributed by atoms with van der Waals surface area (Å²) in [7, 11) is 0. The molecule has 0 fully saturated rings. The number of aliphatic imine (C=N–C) groups is 1. The van der Waals surface area contributed by atoms with Crippen LogP contribution in [0.15, 0.2) is 145 Å². The molecule has 0 saturated heterocycles. The molecule has 0 bridgehead atoms. The predicted molar refractivity (Wildman–Crippen MR) is 160 cm³/mol. The lowest BCUT2D eigenvalue weighted by Crippen LogP contribution is -2.34. The average Bonchev–Trinajstić information content (AvgIpc) is 2.96. The number of nitrogens with two attached hydrogens (primary N) is 1. The van der Waals surface area contributed by atoms with Gasteiger partial charge < -0.3 is 5.73 Å². The van der Waals surface area contributed by atoms with Crippen molar-refractivity contribution in [1.29, 1.82) is 0 Å². The SMILES string of the molecule is C/C=C\C(=C/N)c1ccc(-c2c(C3=[N+](c4ccccc4)C(c4ccccc4)=N3)ccc3ccccc23)cc1. The molecule has 3 heteroatoms. The molecule has 5 aromatic rings. The Balaban J connectivity index is 1.56. The molecule has 0 aromatic heterocycles. The minimum atomic E-state index is 0.941. The van der Waals surface area contributed by atoms with Crippen LogP contribution in [-0.2, 0) is 0 Å². The normalized spacial score (nSPS) is 13.6. The first-order valence-corrected chi connectivity index (χ1v) is 12.8. The summed E-state index contributed by atoms with van der Waals surface area (Å²) in [5, 5.41) is 2.40. The van der Waals surface area contributed by atoms with E-state index in [0.717, 1.165) is 45.2 Å². The monoisotopic (exact) mass is 490 g/mol. The molecule has 2 N–H and O–H groups in total. The molecule has 6 rings (SSSR count). The van der Waals surface area contributed by atoms with Gasteiger partial charge in [-0.2, -0.15) is 4.58 Å². The van der Waals surface area contributed by atoms with Crippen molar-refractivity contribution in [1.82, 2.24) is 0 Å². The number of para-hydroxylation sites is 1. The van der Waals surface area contributed by atoms with E-state index in [4.69, 9.17) is 10.7 Å². The molecule has 3 nitrogen and oxygen atoms in total. The van der Waals surface area contributed by atoms with Crippen molar-refractivity contribution in [2.24, 2.45) is 10.7 Å². The fraction of sp³-hybridized carbons (Fsp3) is 0.0286. The molecule has 0 radical (unpaired) electrons. The Morgan fingerprint density at radius 2 is 1.39 bits per heavy atom. The zero-order valence-electron chi connectivity index (χ0n) is 21.3. The molecule has 0 amide bonds. The molecule has 1 aliphatic heterocycles. The van der Waals surface area contributed by atoms with Gasteiger partial charge in [0, 0.05) is 11.8 Å². The van der Waals surface area contributed by atoms with Gasteiger partial charge in [-0.25, -0.2) is 0 Å². The summed E-state index contributed by atoms with van der Waals surface area (Å²) < 4.78 is 2.26. The van der Waals surface area contributed by atoms with Crippen LogP contribution >= 0.6 is 0 Å². The second kappa shape index (κ2) is 10.2. The van der Waals surface area contributed by atoms with Gasteiger partial charge in [0.1, 0.15) is 5.69 Å². The van der Waals surface area contributed by atoms with E-state index in [1.54, 1.807) is 6.20 Å². The average molecular weight is 491 g/mol. The Kier molecular flexibility index (Phi) is 6.25. The van der Waals surface area contributed by atoms with Gasteiger partial charge in [0.2, 0.25) is 0 Å². The van der Waals surface area contributed by atoms with Crippen LogP contribution in [0.1, 0.15) is 23.6 Å². The van der Waals surface area contributed by atoms with E-state index in [-0.39, 0.29) is 0 Å². The van der Waals surface area contributed by atoms with Gasteiger partial charge in [-0.05, 0) is 64.7 Å². The smallest absolute Gasteiger partial charge is 0.279 e. The zero-order valence-corrected chi connectivity index (χ0v) is 21.3. The maximum atomic E-state index is 5.90. The van der Waals surface area contributed by atoms with Crippen LogP contribution in [0.25, 0.3) is 27.5 Å². The third kappa shape index (κ3) is 4.14. The molecule has 5 aromatic carbocycles. The molecular weight excluding hydrogens is 462 g/mol. The van der Waals surface area contributed by atoms with Gasteiger partial charge in [-0.3, -0.25) is 0 Å². The second-order valence-corrected chi connectivity index (χ2v) is 9.20. The summed E-state index contributed by atoms with van der Waals surface area (Å²) in [5.74, 6) is 1.89. The number of rotatable bonds is 6. The maximum Gasteiger partial charge on any atom is 0.279 e. The first kappa shape index (κ1) is 23.4. The highest BCUT2D eigenvalue weighted by molar-refractivity contribution is 6.20. The van der Waals surface area contributed by atoms with Crippen molar-refractivity contribution >= 4 is 33.7 Å². The predicted octanol–water partition coefficient (Wildman–Crippen LogP) is 7.93. The molecule has 0 atom stereocenters. The van der Waals surface area contributed by atoms with E-state index in [2.05, 4.69) is 114 Å². The van der Waals surface area contributed by atoms with E-state index in [1.807, 2.05) is 31.2 Å². The van der Waals surface area contributed by atoms with Crippen molar-refractivity contribution in [2.75, 3.05) is 0 Å². The lowest BCUT2D eigenvalue weighted by atomic mass is 9.91. The Bertz CT molecular complexity index is 1740. The third-order valence-corrected chi connectivity index (χ3v) is 6.88. The summed E-state index contributed by atoms with van der Waals surface area (Å²) in [6, 6.07) is 42.4. The summed E-state index contributed by atoms with van der Waals surface area (Å²) in [6.07, 6.45) is 5.68. The van der Waals surface area contributed by atoms with Crippen LogP contribution in [-0.4, -0.2) is 16.2 Å². The summed E-state index contributed by atoms with van der Waals surface area (Å²) >= 11 is 0. The molecule has 0 unspecified atom stereocenters. The Morgan fingerprint density at radius 1 is 0.711 bits per heavy atom. The molecule has 1 aliphatic rings. The number of fused-ring (bicyclic) bond motifs is 1. The van der Waals surface area contributed by atoms with Crippen molar-refractivity contribution in [3.05, 3.63) is 156 Å². The second-order valence-electron chi connectivity index (χ2n) is 9.20. The lowest BCUT2D eigenvalue weighted by molar-refractivity contribution is -0.319. The number of hydrogen-bond acceptors (Lipinski definition) is 2. The van der Waals surface area contributed by atoms with E-state index >= 15 is 0 Å². The van der Waals surface area contributed by atoms with E-state index in [9.17, 15) is 0 Å². The van der Waals surface area contributed by atoms with Crippen LogP contribution < -0.4 is 5.73 Å². The third-order valence-electron chi connectivity index (χ3n) is 6.88. The van der Waals surface area contributed by atoms with Crippen LogP contribution in [0, 0.1) is 0 Å². The maximum absolute atomic E-state index is 5.90. The van der Waals surface area contributed by atoms with Gasteiger partial charge in [0.25, 0.3) is 11.7 Å². The Morgan fingerprint density at radius 3 is 2.11 bits per heavy atom. The molecule has 0 spiro atoms. The molecule has 182 valence electrons. The van der Waals surface area contributed by atoms with E-state index in [1.165, 1.54) is 16.3 Å². The fourth-order valence-electron chi connectivity index (χ4n) is 5.06. The van der Waals surface area contributed by atoms with Crippen molar-refractivity contribution in [2.45, 2.75) is 6.92 Å². The summed E-state index contributed by atoms with van der Waals surface area (Å²) in [5.41, 5.74) is 13.6. The van der Waals surface area contributed by atoms with Crippen molar-refractivity contribution < 1.29 is 4.58 Å². The standard InChI is InChI=1S/C35H27N3/c1-2-11-29(24-36)25-18-20-27(21-19-25)33-31-17-10-9-12-26(31)22-23-32(33)35-37-34(28-13-5-3-6-14-28)38(35)30-15-7-4-8-16-30/h2-24,36H,1H3/p+1/b11-2-. The van der Waals surface area contributed by atoms with Crippen molar-refractivity contribution in [3.63, 3.8) is 0 Å². The van der Waals surface area contributed by atoms with Crippen LogP contribution in [0.4, 0.5) is 5.69 Å². The highest BCUT2D eigenvalue weighted by Gasteiger charge is 2.34. The van der Waals surface area contributed by atoms with Gasteiger partial charge in [0.05, 0.1) is 11.1 Å². The van der Waals surface area contributed by atoms with E-state index < -0.39 is 0 Å². The number of benzene rings is 5. The number of amidine groups is 2. The van der Waals surface area contributed by atoms with Gasteiger partial charge in [-0.1, -0.05) is 108 Å². The van der Waals surface area contributed by atoms with Gasteiger partial charge in [0.15, 0.2) is 0 Å². The largest absolute Gasteiger partial charge is 0.404 e. The summed E-state index contributed by atoms with van der Waals surface area (Å²) in [4.78, 5) is 5.12. The number of allylic oxidation sites excluding steroid dienone is 3. The number of nitrogens with zero attached hydrogens (tertiary/aromatic N) is 2. The fourth-order valence-corrected chi connectivity index (χ4v) is 5.06. The van der Waals surface area contributed by atoms with Crippen molar-refractivity contribution in [3.8, 4) is 11.1 Å². The molecule has 38 heavy (non-hydrogen) atoms. The molecule has 0 aliphatic carbocycles. The van der Waals surface area contributed by atoms with Crippen LogP contribution in [0.3, 0.4) is 0 Å². The Labute approximate surface area is 223 Å². The van der Waals surface area contributed by atoms with Crippen LogP contribution in [0.2, 0.25) is 0 Å². The minimum Gasteiger partial charge on any atom is -0.404 e. The van der Waals surface area contributed by atoms with Gasteiger partial charge in [-0.15, -0.1) is 0 Å². The van der Waals surface area contributed by atoms with Gasteiger partial charge >= 0.3 is 0 Å². The molecule has 0 saturated carbocycles. The zero-order chi connectivity index (χ0) is 25.9. The van der Waals surface area contributed by atoms with E-state index in [0.29, 0.717) is 0 Å². The quantitative estimate of drug-likeness (QED) is 0.191. The Hall–Kier alpha value is -5.02. The molecule has 1 heterocycles.